The summed E-state index contributed by atoms with van der Waals surface area (Å²) in [5.74, 6) is 1.47. The fourth-order valence-electron chi connectivity index (χ4n) is 2.09. The summed E-state index contributed by atoms with van der Waals surface area (Å²) < 4.78 is 1.80. The Morgan fingerprint density at radius 2 is 1.70 bits per heavy atom. The molecule has 0 saturated heterocycles. The molecule has 0 aliphatic rings. The number of hydrogen-bond donors (Lipinski definition) is 2. The van der Waals surface area contributed by atoms with E-state index in [0.29, 0.717) is 5.95 Å². The van der Waals surface area contributed by atoms with Gasteiger partial charge in [-0.15, -0.1) is 0 Å². The van der Waals surface area contributed by atoms with Crippen molar-refractivity contribution in [2.75, 3.05) is 11.5 Å². The summed E-state index contributed by atoms with van der Waals surface area (Å²) >= 11 is 0. The third-order valence-corrected chi connectivity index (χ3v) is 3.09. The molecule has 0 amide bonds. The van der Waals surface area contributed by atoms with Gasteiger partial charge in [0, 0.05) is 6.20 Å². The van der Waals surface area contributed by atoms with E-state index in [1.54, 1.807) is 4.57 Å². The van der Waals surface area contributed by atoms with Crippen LogP contribution in [0.15, 0.2) is 6.20 Å². The van der Waals surface area contributed by atoms with E-state index in [9.17, 15) is 0 Å². The Labute approximate surface area is 118 Å². The lowest BCUT2D eigenvalue weighted by Gasteiger charge is -2.03. The first-order valence-electron chi connectivity index (χ1n) is 6.92. The third-order valence-electron chi connectivity index (χ3n) is 3.09. The lowest BCUT2D eigenvalue weighted by atomic mass is 10.1. The molecule has 0 spiro atoms. The molecule has 7 nitrogen and oxygen atoms in total. The molecule has 4 N–H and O–H groups in total. The fraction of sp³-hybridized carbons (Fsp3) is 0.538. The van der Waals surface area contributed by atoms with Crippen LogP contribution in [-0.2, 0) is 6.42 Å². The Hall–Kier alpha value is -2.18. The minimum Gasteiger partial charge on any atom is -0.368 e. The molecule has 0 radical (unpaired) electrons. The standard InChI is InChI=1S/C13H21N7/c1-3-4-5-6-7-10-8-20(9(2)16-10)13-18-11(14)17-12(15)19-13/h8H,3-7H2,1-2H3,(H4,14,15,17,18,19). The van der Waals surface area contributed by atoms with Gasteiger partial charge in [-0.1, -0.05) is 26.2 Å². The Bertz CT molecular complexity index is 556. The number of nitrogen functional groups attached to an aromatic ring is 2. The second kappa shape index (κ2) is 6.31. The van der Waals surface area contributed by atoms with Gasteiger partial charge < -0.3 is 11.5 Å². The minimum absolute atomic E-state index is 0.116. The van der Waals surface area contributed by atoms with Crippen LogP contribution in [0.2, 0.25) is 0 Å². The van der Waals surface area contributed by atoms with Gasteiger partial charge in [-0.05, 0) is 19.8 Å². The number of anilines is 2. The molecule has 0 aromatic carbocycles. The van der Waals surface area contributed by atoms with Crippen molar-refractivity contribution < 1.29 is 0 Å². The van der Waals surface area contributed by atoms with Gasteiger partial charge in [0.1, 0.15) is 5.82 Å². The number of nitrogens with zero attached hydrogens (tertiary/aromatic N) is 5. The van der Waals surface area contributed by atoms with E-state index in [1.165, 1.54) is 19.3 Å². The summed E-state index contributed by atoms with van der Waals surface area (Å²) in [5, 5.41) is 0. The Morgan fingerprint density at radius 1 is 1.00 bits per heavy atom. The van der Waals surface area contributed by atoms with Crippen molar-refractivity contribution in [3.8, 4) is 5.95 Å². The van der Waals surface area contributed by atoms with Gasteiger partial charge >= 0.3 is 0 Å². The zero-order chi connectivity index (χ0) is 14.5. The molecular formula is C13H21N7. The predicted molar refractivity (Wildman–Crippen MR) is 78.4 cm³/mol. The normalized spacial score (nSPS) is 10.9. The van der Waals surface area contributed by atoms with E-state index in [2.05, 4.69) is 26.9 Å². The van der Waals surface area contributed by atoms with Crippen molar-refractivity contribution in [2.45, 2.75) is 46.0 Å². The maximum absolute atomic E-state index is 5.59. The van der Waals surface area contributed by atoms with Crippen molar-refractivity contribution in [3.05, 3.63) is 17.7 Å². The van der Waals surface area contributed by atoms with Gasteiger partial charge in [0.2, 0.25) is 17.8 Å². The molecule has 0 fully saturated rings. The second-order valence-electron chi connectivity index (χ2n) is 4.81. The first-order chi connectivity index (χ1) is 9.60. The van der Waals surface area contributed by atoms with E-state index in [1.807, 2.05) is 13.1 Å². The van der Waals surface area contributed by atoms with Crippen LogP contribution in [0.4, 0.5) is 11.9 Å². The smallest absolute Gasteiger partial charge is 0.241 e. The van der Waals surface area contributed by atoms with Crippen LogP contribution in [0, 0.1) is 6.92 Å². The third kappa shape index (κ3) is 3.43. The first kappa shape index (κ1) is 14.2. The molecule has 7 heteroatoms. The van der Waals surface area contributed by atoms with Crippen molar-refractivity contribution in [2.24, 2.45) is 0 Å². The Kier molecular flexibility index (Phi) is 4.49. The lowest BCUT2D eigenvalue weighted by Crippen LogP contribution is -2.09. The highest BCUT2D eigenvalue weighted by Crippen LogP contribution is 2.12. The Balaban J connectivity index is 2.14. The molecule has 0 aliphatic carbocycles. The highest BCUT2D eigenvalue weighted by Gasteiger charge is 2.10. The molecule has 108 valence electrons. The summed E-state index contributed by atoms with van der Waals surface area (Å²) in [4.78, 5) is 16.5. The molecule has 0 unspecified atom stereocenters. The average Bonchev–Trinajstić information content (AvgIpc) is 2.75. The van der Waals surface area contributed by atoms with Crippen LogP contribution >= 0.6 is 0 Å². The van der Waals surface area contributed by atoms with Gasteiger partial charge in [-0.25, -0.2) is 4.98 Å². The highest BCUT2D eigenvalue weighted by molar-refractivity contribution is 5.32. The molecule has 2 heterocycles. The van der Waals surface area contributed by atoms with E-state index >= 15 is 0 Å². The molecular weight excluding hydrogens is 254 g/mol. The van der Waals surface area contributed by atoms with Crippen LogP contribution < -0.4 is 11.5 Å². The molecule has 2 rings (SSSR count). The fourth-order valence-corrected chi connectivity index (χ4v) is 2.09. The maximum atomic E-state index is 5.59. The number of unbranched alkanes of at least 4 members (excludes halogenated alkanes) is 3. The van der Waals surface area contributed by atoms with E-state index < -0.39 is 0 Å². The Morgan fingerprint density at radius 3 is 2.35 bits per heavy atom. The molecule has 0 bridgehead atoms. The van der Waals surface area contributed by atoms with Crippen molar-refractivity contribution >= 4 is 11.9 Å². The number of nitrogens with two attached hydrogens (primary N) is 2. The summed E-state index contributed by atoms with van der Waals surface area (Å²) in [6.07, 6.45) is 7.77. The van der Waals surface area contributed by atoms with Crippen LogP contribution in [0.5, 0.6) is 0 Å². The SMILES string of the molecule is CCCCCCc1cn(-c2nc(N)nc(N)n2)c(C)n1. The van der Waals surface area contributed by atoms with Crippen molar-refractivity contribution in [1.29, 1.82) is 0 Å². The molecule has 20 heavy (non-hydrogen) atoms. The van der Waals surface area contributed by atoms with Crippen molar-refractivity contribution in [1.82, 2.24) is 24.5 Å². The van der Waals surface area contributed by atoms with Crippen LogP contribution in [-0.4, -0.2) is 24.5 Å². The van der Waals surface area contributed by atoms with Crippen LogP contribution in [0.1, 0.15) is 44.1 Å². The van der Waals surface area contributed by atoms with Crippen LogP contribution in [0.3, 0.4) is 0 Å². The first-order valence-corrected chi connectivity index (χ1v) is 6.92. The monoisotopic (exact) mass is 275 g/mol. The highest BCUT2D eigenvalue weighted by atomic mass is 15.3. The van der Waals surface area contributed by atoms with E-state index in [-0.39, 0.29) is 11.9 Å². The molecule has 0 aliphatic heterocycles. The van der Waals surface area contributed by atoms with Gasteiger partial charge in [0.25, 0.3) is 0 Å². The van der Waals surface area contributed by atoms with E-state index in [0.717, 1.165) is 24.4 Å². The number of imidazole rings is 1. The quantitative estimate of drug-likeness (QED) is 0.776. The van der Waals surface area contributed by atoms with Gasteiger partial charge in [-0.2, -0.15) is 15.0 Å². The molecule has 2 aromatic heterocycles. The number of aryl methyl sites for hydroxylation is 2. The predicted octanol–water partition coefficient (Wildman–Crippen LogP) is 1.65. The minimum atomic E-state index is 0.116. The zero-order valence-corrected chi connectivity index (χ0v) is 12.0. The van der Waals surface area contributed by atoms with Gasteiger partial charge in [0.15, 0.2) is 0 Å². The van der Waals surface area contributed by atoms with E-state index in [4.69, 9.17) is 11.5 Å². The summed E-state index contributed by atoms with van der Waals surface area (Å²) in [6.45, 7) is 4.11. The van der Waals surface area contributed by atoms with Crippen molar-refractivity contribution in [3.63, 3.8) is 0 Å². The summed E-state index contributed by atoms with van der Waals surface area (Å²) in [7, 11) is 0. The largest absolute Gasteiger partial charge is 0.368 e. The lowest BCUT2D eigenvalue weighted by molar-refractivity contribution is 0.661. The zero-order valence-electron chi connectivity index (χ0n) is 12.0. The number of aromatic nitrogens is 5. The second-order valence-corrected chi connectivity index (χ2v) is 4.81. The maximum Gasteiger partial charge on any atom is 0.241 e. The summed E-state index contributed by atoms with van der Waals surface area (Å²) in [5.41, 5.74) is 12.2. The number of rotatable bonds is 6. The number of hydrogen-bond acceptors (Lipinski definition) is 6. The van der Waals surface area contributed by atoms with Crippen LogP contribution in [0.25, 0.3) is 5.95 Å². The van der Waals surface area contributed by atoms with Gasteiger partial charge in [-0.3, -0.25) is 4.57 Å². The molecule has 0 atom stereocenters. The topological polar surface area (TPSA) is 109 Å². The van der Waals surface area contributed by atoms with Gasteiger partial charge in [0.05, 0.1) is 5.69 Å². The molecule has 0 saturated carbocycles. The average molecular weight is 275 g/mol. The summed E-state index contributed by atoms with van der Waals surface area (Å²) in [6, 6.07) is 0. The molecule has 2 aromatic rings.